The summed E-state index contributed by atoms with van der Waals surface area (Å²) in [6, 6.07) is 14.7. The number of amides is 1. The first-order valence-corrected chi connectivity index (χ1v) is 12.5. The Kier molecular flexibility index (Phi) is 6.06. The molecule has 0 bridgehead atoms. The van der Waals surface area contributed by atoms with E-state index in [0.29, 0.717) is 18.0 Å². The Hall–Kier alpha value is -2.78. The predicted molar refractivity (Wildman–Crippen MR) is 122 cm³/mol. The zero-order chi connectivity index (χ0) is 22.0. The lowest BCUT2D eigenvalue weighted by atomic mass is 9.93. The third-order valence-corrected chi connectivity index (χ3v) is 7.62. The highest BCUT2D eigenvalue weighted by atomic mass is 32.2. The molecule has 1 aliphatic rings. The Morgan fingerprint density at radius 3 is 2.65 bits per heavy atom. The maximum atomic E-state index is 13.4. The van der Waals surface area contributed by atoms with Crippen molar-refractivity contribution in [3.8, 4) is 0 Å². The third kappa shape index (κ3) is 4.47. The van der Waals surface area contributed by atoms with Gasteiger partial charge in [0.2, 0.25) is 11.0 Å². The van der Waals surface area contributed by atoms with Crippen LogP contribution in [-0.2, 0) is 21.2 Å². The molecule has 0 spiro atoms. The molecule has 1 amide bonds. The summed E-state index contributed by atoms with van der Waals surface area (Å²) in [5, 5.41) is 8.59. The number of hydrogen-bond acceptors (Lipinski definition) is 6. The Morgan fingerprint density at radius 1 is 1.19 bits per heavy atom. The van der Waals surface area contributed by atoms with Crippen molar-refractivity contribution in [3.63, 3.8) is 0 Å². The molecule has 1 unspecified atom stereocenters. The molecule has 1 aliphatic heterocycles. The van der Waals surface area contributed by atoms with Crippen molar-refractivity contribution >= 4 is 38.1 Å². The molecule has 2 aromatic carbocycles. The van der Waals surface area contributed by atoms with Gasteiger partial charge in [0.05, 0.1) is 10.8 Å². The molecule has 1 atom stereocenters. The van der Waals surface area contributed by atoms with Crippen molar-refractivity contribution in [1.29, 1.82) is 0 Å². The molecule has 0 radical (unpaired) electrons. The van der Waals surface area contributed by atoms with Crippen molar-refractivity contribution in [2.24, 2.45) is 0 Å². The lowest BCUT2D eigenvalue weighted by Gasteiger charge is -2.32. The Labute approximate surface area is 186 Å². The molecule has 1 N–H and O–H groups in total. The van der Waals surface area contributed by atoms with Crippen LogP contribution in [0.25, 0.3) is 0 Å². The van der Waals surface area contributed by atoms with Crippen molar-refractivity contribution in [2.75, 3.05) is 16.2 Å². The summed E-state index contributed by atoms with van der Waals surface area (Å²) < 4.78 is 28.1. The summed E-state index contributed by atoms with van der Waals surface area (Å²) in [6.45, 7) is 4.40. The highest BCUT2D eigenvalue weighted by molar-refractivity contribution is 7.93. The number of carbonyl (C=O) groups is 1. The van der Waals surface area contributed by atoms with Gasteiger partial charge in [-0.15, -0.1) is 10.2 Å². The van der Waals surface area contributed by atoms with E-state index in [9.17, 15) is 13.2 Å². The molecule has 2 heterocycles. The van der Waals surface area contributed by atoms with Gasteiger partial charge in [-0.2, -0.15) is 0 Å². The third-order valence-electron chi connectivity index (χ3n) is 5.40. The second-order valence-electron chi connectivity index (χ2n) is 7.49. The topological polar surface area (TPSA) is 92.3 Å². The molecular formula is C22H24N4O3S2. The highest BCUT2D eigenvalue weighted by Gasteiger charge is 2.30. The zero-order valence-corrected chi connectivity index (χ0v) is 19.0. The number of fused-ring (bicyclic) bond motifs is 1. The summed E-state index contributed by atoms with van der Waals surface area (Å²) in [6.07, 6.45) is 2.21. The number of aryl methyl sites for hydroxylation is 2. The molecule has 4 rings (SSSR count). The van der Waals surface area contributed by atoms with Gasteiger partial charge >= 0.3 is 0 Å². The monoisotopic (exact) mass is 456 g/mol. The van der Waals surface area contributed by atoms with Crippen LogP contribution in [0.1, 0.15) is 41.8 Å². The van der Waals surface area contributed by atoms with Crippen LogP contribution in [0.2, 0.25) is 0 Å². The van der Waals surface area contributed by atoms with Crippen LogP contribution in [0.5, 0.6) is 0 Å². The fourth-order valence-electron chi connectivity index (χ4n) is 3.91. The van der Waals surface area contributed by atoms with Gasteiger partial charge in [-0.05, 0) is 55.5 Å². The van der Waals surface area contributed by atoms with Crippen molar-refractivity contribution < 1.29 is 13.2 Å². The van der Waals surface area contributed by atoms with E-state index in [-0.39, 0.29) is 21.9 Å². The second kappa shape index (κ2) is 8.76. The molecule has 0 aliphatic carbocycles. The standard InChI is InChI=1S/C22H24N4O3S2/c1-3-19(16-8-5-4-6-9-16)21(27)26-13-7-10-17-14-18(11-12-20(17)26)31(28,29)25-22-24-23-15(2)30-22/h4-6,8-9,11-12,14,19H,3,7,10,13H2,1-2H3,(H,24,25). The minimum atomic E-state index is -3.78. The van der Waals surface area contributed by atoms with Crippen molar-refractivity contribution in [3.05, 3.63) is 64.7 Å². The average Bonchev–Trinajstić information content (AvgIpc) is 3.17. The summed E-state index contributed by atoms with van der Waals surface area (Å²) in [4.78, 5) is 15.4. The van der Waals surface area contributed by atoms with Crippen LogP contribution in [0.3, 0.4) is 0 Å². The van der Waals surface area contributed by atoms with Crippen LogP contribution in [0, 0.1) is 6.92 Å². The van der Waals surface area contributed by atoms with Gasteiger partial charge in [-0.1, -0.05) is 48.6 Å². The molecule has 7 nitrogen and oxygen atoms in total. The highest BCUT2D eigenvalue weighted by Crippen LogP contribution is 2.33. The van der Waals surface area contributed by atoms with E-state index in [4.69, 9.17) is 0 Å². The minimum Gasteiger partial charge on any atom is -0.312 e. The maximum Gasteiger partial charge on any atom is 0.263 e. The number of hydrogen-bond donors (Lipinski definition) is 1. The van der Waals surface area contributed by atoms with Gasteiger partial charge in [0, 0.05) is 12.2 Å². The van der Waals surface area contributed by atoms with E-state index >= 15 is 0 Å². The van der Waals surface area contributed by atoms with E-state index in [1.165, 1.54) is 11.3 Å². The molecular weight excluding hydrogens is 432 g/mol. The number of carbonyl (C=O) groups excluding carboxylic acids is 1. The van der Waals surface area contributed by atoms with Gasteiger partial charge in [0.15, 0.2) is 0 Å². The molecule has 0 saturated heterocycles. The summed E-state index contributed by atoms with van der Waals surface area (Å²) >= 11 is 1.18. The Balaban J connectivity index is 1.62. The first kappa shape index (κ1) is 21.5. The maximum absolute atomic E-state index is 13.4. The fraction of sp³-hybridized carbons (Fsp3) is 0.318. The average molecular weight is 457 g/mol. The predicted octanol–water partition coefficient (Wildman–Crippen LogP) is 4.12. The Bertz CT molecular complexity index is 1190. The first-order valence-electron chi connectivity index (χ1n) is 10.2. The molecule has 1 aromatic heterocycles. The lowest BCUT2D eigenvalue weighted by Crippen LogP contribution is -2.38. The van der Waals surface area contributed by atoms with Crippen LogP contribution in [0.4, 0.5) is 10.8 Å². The zero-order valence-electron chi connectivity index (χ0n) is 17.4. The normalized spacial score (nSPS) is 14.7. The van der Waals surface area contributed by atoms with Crippen LogP contribution in [-0.4, -0.2) is 31.1 Å². The summed E-state index contributed by atoms with van der Waals surface area (Å²) in [5.41, 5.74) is 2.65. The molecule has 31 heavy (non-hydrogen) atoms. The van der Waals surface area contributed by atoms with E-state index in [1.54, 1.807) is 30.0 Å². The number of rotatable bonds is 6. The van der Waals surface area contributed by atoms with E-state index in [0.717, 1.165) is 29.7 Å². The smallest absolute Gasteiger partial charge is 0.263 e. The molecule has 0 fully saturated rings. The molecule has 162 valence electrons. The van der Waals surface area contributed by atoms with Crippen LogP contribution < -0.4 is 9.62 Å². The van der Waals surface area contributed by atoms with Crippen molar-refractivity contribution in [1.82, 2.24) is 10.2 Å². The minimum absolute atomic E-state index is 0.0488. The van der Waals surface area contributed by atoms with Gasteiger partial charge in [0.1, 0.15) is 5.01 Å². The number of aromatic nitrogens is 2. The van der Waals surface area contributed by atoms with Crippen LogP contribution >= 0.6 is 11.3 Å². The number of benzene rings is 2. The lowest BCUT2D eigenvalue weighted by molar-refractivity contribution is -0.120. The SMILES string of the molecule is CCC(C(=O)N1CCCc2cc(S(=O)(=O)Nc3nnc(C)s3)ccc21)c1ccccc1. The van der Waals surface area contributed by atoms with E-state index < -0.39 is 10.0 Å². The quantitative estimate of drug-likeness (QED) is 0.602. The number of nitrogens with zero attached hydrogens (tertiary/aromatic N) is 3. The molecule has 9 heteroatoms. The van der Waals surface area contributed by atoms with Gasteiger partial charge < -0.3 is 4.90 Å². The van der Waals surface area contributed by atoms with Crippen LogP contribution in [0.15, 0.2) is 53.4 Å². The second-order valence-corrected chi connectivity index (χ2v) is 10.4. The van der Waals surface area contributed by atoms with E-state index in [2.05, 4.69) is 14.9 Å². The number of sulfonamides is 1. The van der Waals surface area contributed by atoms with Gasteiger partial charge in [-0.3, -0.25) is 9.52 Å². The Morgan fingerprint density at radius 2 is 1.97 bits per heavy atom. The summed E-state index contributed by atoms with van der Waals surface area (Å²) in [7, 11) is -3.78. The molecule has 3 aromatic rings. The largest absolute Gasteiger partial charge is 0.312 e. The molecule has 0 saturated carbocycles. The summed E-state index contributed by atoms with van der Waals surface area (Å²) in [5.74, 6) is -0.175. The van der Waals surface area contributed by atoms with E-state index in [1.807, 2.05) is 37.3 Å². The first-order chi connectivity index (χ1) is 14.9. The fourth-order valence-corrected chi connectivity index (χ4v) is 5.78. The van der Waals surface area contributed by atoms with Gasteiger partial charge in [0.25, 0.3) is 10.0 Å². The van der Waals surface area contributed by atoms with Gasteiger partial charge in [-0.25, -0.2) is 8.42 Å². The van der Waals surface area contributed by atoms with Crippen molar-refractivity contribution in [2.45, 2.75) is 43.9 Å². The number of anilines is 2. The number of nitrogens with one attached hydrogen (secondary N) is 1.